The lowest BCUT2D eigenvalue weighted by molar-refractivity contribution is -0.384. The van der Waals surface area contributed by atoms with Crippen LogP contribution in [-0.2, 0) is 0 Å². The van der Waals surface area contributed by atoms with Crippen molar-refractivity contribution in [2.24, 2.45) is 4.99 Å². The van der Waals surface area contributed by atoms with Gasteiger partial charge < -0.3 is 10.6 Å². The van der Waals surface area contributed by atoms with Gasteiger partial charge in [-0.3, -0.25) is 10.1 Å². The molecule has 0 bridgehead atoms. The highest BCUT2D eigenvalue weighted by molar-refractivity contribution is 6.30. The van der Waals surface area contributed by atoms with E-state index >= 15 is 0 Å². The van der Waals surface area contributed by atoms with Crippen molar-refractivity contribution in [3.8, 4) is 0 Å². The Kier molecular flexibility index (Phi) is 5.00. The van der Waals surface area contributed by atoms with Gasteiger partial charge in [0.2, 0.25) is 0 Å². The Labute approximate surface area is 150 Å². The molecule has 2 aromatic carbocycles. The van der Waals surface area contributed by atoms with E-state index in [1.165, 1.54) is 12.1 Å². The summed E-state index contributed by atoms with van der Waals surface area (Å²) in [5.41, 5.74) is 2.75. The molecule has 7 heteroatoms. The van der Waals surface area contributed by atoms with E-state index in [2.05, 4.69) is 15.6 Å². The fourth-order valence-electron chi connectivity index (χ4n) is 2.60. The van der Waals surface area contributed by atoms with Gasteiger partial charge in [0.25, 0.3) is 5.69 Å². The Morgan fingerprint density at radius 2 is 2.04 bits per heavy atom. The average Bonchev–Trinajstić information content (AvgIpc) is 2.62. The lowest BCUT2D eigenvalue weighted by atomic mass is 10.1. The molecule has 25 heavy (non-hydrogen) atoms. The average molecular weight is 357 g/mol. The molecular formula is C18H17ClN4O2. The lowest BCUT2D eigenvalue weighted by Crippen LogP contribution is -2.27. The summed E-state index contributed by atoms with van der Waals surface area (Å²) in [5, 5.41) is 18.1. The van der Waals surface area contributed by atoms with Crippen molar-refractivity contribution in [2.45, 2.75) is 13.0 Å². The zero-order chi connectivity index (χ0) is 17.8. The number of hydrogen-bond donors (Lipinski definition) is 2. The van der Waals surface area contributed by atoms with Crippen LogP contribution in [0.5, 0.6) is 0 Å². The van der Waals surface area contributed by atoms with Crippen molar-refractivity contribution in [2.75, 3.05) is 6.54 Å². The van der Waals surface area contributed by atoms with Crippen molar-refractivity contribution < 1.29 is 4.92 Å². The highest BCUT2D eigenvalue weighted by Crippen LogP contribution is 2.24. The maximum Gasteiger partial charge on any atom is 0.269 e. The predicted octanol–water partition coefficient (Wildman–Crippen LogP) is 3.90. The van der Waals surface area contributed by atoms with E-state index in [1.54, 1.807) is 18.3 Å². The number of nitro groups is 1. The topological polar surface area (TPSA) is 79.6 Å². The molecule has 1 atom stereocenters. The maximum absolute atomic E-state index is 10.8. The summed E-state index contributed by atoms with van der Waals surface area (Å²) >= 11 is 6.06. The van der Waals surface area contributed by atoms with E-state index in [0.29, 0.717) is 17.4 Å². The normalized spacial score (nSPS) is 14.8. The van der Waals surface area contributed by atoms with Gasteiger partial charge in [0.1, 0.15) is 5.82 Å². The number of nitro benzene ring substituents is 1. The molecule has 2 aromatic rings. The van der Waals surface area contributed by atoms with Gasteiger partial charge in [0, 0.05) is 28.9 Å². The lowest BCUT2D eigenvalue weighted by Gasteiger charge is -2.22. The van der Waals surface area contributed by atoms with Gasteiger partial charge >= 0.3 is 0 Å². The van der Waals surface area contributed by atoms with Crippen LogP contribution in [0.1, 0.15) is 24.1 Å². The molecule has 0 aromatic heterocycles. The number of nitrogens with zero attached hydrogens (tertiary/aromatic N) is 2. The SMILES string of the molecule is C[C@H](NC1=C(c2ccc([N+](=O)[O-])cc2)NCC=N1)c1cccc(Cl)c1. The predicted molar refractivity (Wildman–Crippen MR) is 99.5 cm³/mol. The minimum atomic E-state index is -0.412. The largest absolute Gasteiger partial charge is 0.377 e. The van der Waals surface area contributed by atoms with Crippen LogP contribution < -0.4 is 10.6 Å². The fraction of sp³-hybridized carbons (Fsp3) is 0.167. The first-order valence-corrected chi connectivity index (χ1v) is 8.20. The van der Waals surface area contributed by atoms with E-state index in [-0.39, 0.29) is 11.7 Å². The molecule has 128 valence electrons. The van der Waals surface area contributed by atoms with E-state index < -0.39 is 4.92 Å². The third kappa shape index (κ3) is 3.97. The zero-order valence-corrected chi connectivity index (χ0v) is 14.3. The maximum atomic E-state index is 10.8. The second-order valence-electron chi connectivity index (χ2n) is 5.64. The Hall–Kier alpha value is -2.86. The van der Waals surface area contributed by atoms with Crippen molar-refractivity contribution in [1.29, 1.82) is 0 Å². The van der Waals surface area contributed by atoms with Crippen molar-refractivity contribution in [3.05, 3.63) is 80.6 Å². The Balaban J connectivity index is 1.88. The summed E-state index contributed by atoms with van der Waals surface area (Å²) in [6.07, 6.45) is 1.78. The Morgan fingerprint density at radius 3 is 2.72 bits per heavy atom. The van der Waals surface area contributed by atoms with Crippen LogP contribution in [0, 0.1) is 10.1 Å². The van der Waals surface area contributed by atoms with Gasteiger partial charge in [-0.1, -0.05) is 23.7 Å². The zero-order valence-electron chi connectivity index (χ0n) is 13.6. The van der Waals surface area contributed by atoms with E-state index in [0.717, 1.165) is 16.8 Å². The quantitative estimate of drug-likeness (QED) is 0.629. The second-order valence-corrected chi connectivity index (χ2v) is 6.08. The third-order valence-electron chi connectivity index (χ3n) is 3.90. The standard InChI is InChI=1S/C18H17ClN4O2/c1-12(14-3-2-4-15(19)11-14)22-18-17(20-9-10-21-18)13-5-7-16(8-6-13)23(24)25/h2-8,10-12,20,22H,9H2,1H3/t12-/m0/s1. The van der Waals surface area contributed by atoms with E-state index in [4.69, 9.17) is 11.6 Å². The van der Waals surface area contributed by atoms with Crippen molar-refractivity contribution in [3.63, 3.8) is 0 Å². The number of aliphatic imine (C=N–C) groups is 1. The fourth-order valence-corrected chi connectivity index (χ4v) is 2.79. The molecule has 0 fully saturated rings. The van der Waals surface area contributed by atoms with E-state index in [9.17, 15) is 10.1 Å². The summed E-state index contributed by atoms with van der Waals surface area (Å²) in [7, 11) is 0. The first-order chi connectivity index (χ1) is 12.0. The van der Waals surface area contributed by atoms with E-state index in [1.807, 2.05) is 31.2 Å². The number of rotatable bonds is 5. The van der Waals surface area contributed by atoms with Gasteiger partial charge in [0.15, 0.2) is 0 Å². The smallest absolute Gasteiger partial charge is 0.269 e. The van der Waals surface area contributed by atoms with Crippen LogP contribution in [0.2, 0.25) is 5.02 Å². The highest BCUT2D eigenvalue weighted by atomic mass is 35.5. The van der Waals surface area contributed by atoms with Crippen LogP contribution in [0.4, 0.5) is 5.69 Å². The molecule has 1 heterocycles. The van der Waals surface area contributed by atoms with Crippen LogP contribution in [0.25, 0.3) is 5.70 Å². The summed E-state index contributed by atoms with van der Waals surface area (Å²) in [4.78, 5) is 14.8. The van der Waals surface area contributed by atoms with Gasteiger partial charge in [-0.2, -0.15) is 0 Å². The monoisotopic (exact) mass is 356 g/mol. The summed E-state index contributed by atoms with van der Waals surface area (Å²) in [6.45, 7) is 2.62. The summed E-state index contributed by atoms with van der Waals surface area (Å²) in [5.74, 6) is 0.688. The van der Waals surface area contributed by atoms with Crippen molar-refractivity contribution in [1.82, 2.24) is 10.6 Å². The number of hydrogen-bond acceptors (Lipinski definition) is 5. The molecule has 2 N–H and O–H groups in total. The molecular weight excluding hydrogens is 340 g/mol. The first-order valence-electron chi connectivity index (χ1n) is 7.82. The van der Waals surface area contributed by atoms with Crippen LogP contribution in [-0.4, -0.2) is 17.7 Å². The molecule has 1 aliphatic heterocycles. The molecule has 0 amide bonds. The molecule has 0 radical (unpaired) electrons. The van der Waals surface area contributed by atoms with Gasteiger partial charge in [0.05, 0.1) is 23.2 Å². The molecule has 6 nitrogen and oxygen atoms in total. The Bertz CT molecular complexity index is 846. The molecule has 0 unspecified atom stereocenters. The minimum absolute atomic E-state index is 0.00111. The van der Waals surface area contributed by atoms with Gasteiger partial charge in [-0.05, 0) is 36.8 Å². The van der Waals surface area contributed by atoms with Crippen LogP contribution in [0.3, 0.4) is 0 Å². The summed E-state index contributed by atoms with van der Waals surface area (Å²) in [6, 6.07) is 14.0. The second kappa shape index (κ2) is 7.36. The molecule has 3 rings (SSSR count). The molecule has 0 saturated carbocycles. The number of non-ortho nitro benzene ring substituents is 1. The number of halogens is 1. The number of benzene rings is 2. The molecule has 0 spiro atoms. The minimum Gasteiger partial charge on any atom is -0.377 e. The van der Waals surface area contributed by atoms with Crippen LogP contribution in [0.15, 0.2) is 59.3 Å². The third-order valence-corrected chi connectivity index (χ3v) is 4.13. The first kappa shape index (κ1) is 17.0. The molecule has 0 saturated heterocycles. The van der Waals surface area contributed by atoms with Gasteiger partial charge in [-0.25, -0.2) is 4.99 Å². The van der Waals surface area contributed by atoms with Crippen molar-refractivity contribution >= 4 is 29.2 Å². The Morgan fingerprint density at radius 1 is 1.28 bits per heavy atom. The number of nitrogens with one attached hydrogen (secondary N) is 2. The molecule has 1 aliphatic rings. The molecule has 0 aliphatic carbocycles. The summed E-state index contributed by atoms with van der Waals surface area (Å²) < 4.78 is 0. The highest BCUT2D eigenvalue weighted by Gasteiger charge is 2.16. The van der Waals surface area contributed by atoms with Crippen LogP contribution >= 0.6 is 11.6 Å². The van der Waals surface area contributed by atoms with Gasteiger partial charge in [-0.15, -0.1) is 0 Å².